The zero-order valence-corrected chi connectivity index (χ0v) is 11.7. The highest BCUT2D eigenvalue weighted by Gasteiger charge is 2.08. The maximum Gasteiger partial charge on any atom is 0.251 e. The topological polar surface area (TPSA) is 64.3 Å². The molecule has 0 saturated heterocycles. The van der Waals surface area contributed by atoms with Crippen molar-refractivity contribution in [2.24, 2.45) is 0 Å². The number of methoxy groups -OCH3 is 1. The van der Waals surface area contributed by atoms with Crippen LogP contribution >= 0.6 is 0 Å². The van der Waals surface area contributed by atoms with Crippen molar-refractivity contribution < 1.29 is 13.9 Å². The van der Waals surface area contributed by atoms with Crippen molar-refractivity contribution in [3.63, 3.8) is 0 Å². The van der Waals surface area contributed by atoms with Gasteiger partial charge in [0.1, 0.15) is 11.6 Å². The molecule has 1 amide bonds. The van der Waals surface area contributed by atoms with E-state index in [1.54, 1.807) is 24.3 Å². The van der Waals surface area contributed by atoms with Crippen LogP contribution in [-0.2, 0) is 6.42 Å². The summed E-state index contributed by atoms with van der Waals surface area (Å²) in [7, 11) is 1.52. The molecule has 0 aliphatic heterocycles. The average molecular weight is 288 g/mol. The summed E-state index contributed by atoms with van der Waals surface area (Å²) in [5, 5.41) is 2.77. The predicted octanol–water partition coefficient (Wildman–Crippen LogP) is 2.39. The summed E-state index contributed by atoms with van der Waals surface area (Å²) in [6, 6.07) is 11.2. The zero-order valence-electron chi connectivity index (χ0n) is 11.7. The number of hydrogen-bond acceptors (Lipinski definition) is 3. The van der Waals surface area contributed by atoms with Crippen LogP contribution < -0.4 is 15.8 Å². The molecule has 0 bridgehead atoms. The lowest BCUT2D eigenvalue weighted by molar-refractivity contribution is 0.0954. The first-order valence-corrected chi connectivity index (χ1v) is 6.56. The Bertz CT molecular complexity index is 644. The van der Waals surface area contributed by atoms with Gasteiger partial charge in [-0.3, -0.25) is 4.79 Å². The number of halogens is 1. The number of amides is 1. The van der Waals surface area contributed by atoms with Crippen LogP contribution in [0.3, 0.4) is 0 Å². The molecule has 0 heterocycles. The summed E-state index contributed by atoms with van der Waals surface area (Å²) in [6.07, 6.45) is 0.565. The van der Waals surface area contributed by atoms with Gasteiger partial charge in [-0.05, 0) is 42.3 Å². The third-order valence-electron chi connectivity index (χ3n) is 3.08. The van der Waals surface area contributed by atoms with Gasteiger partial charge in [-0.15, -0.1) is 0 Å². The third kappa shape index (κ3) is 3.95. The van der Waals surface area contributed by atoms with Gasteiger partial charge in [0.2, 0.25) is 0 Å². The van der Waals surface area contributed by atoms with E-state index in [0.29, 0.717) is 30.0 Å². The first kappa shape index (κ1) is 14.8. The minimum atomic E-state index is -0.276. The number of carbonyl (C=O) groups excluding carboxylic acids is 1. The van der Waals surface area contributed by atoms with E-state index in [9.17, 15) is 9.18 Å². The monoisotopic (exact) mass is 288 g/mol. The minimum absolute atomic E-state index is 0.222. The van der Waals surface area contributed by atoms with Crippen molar-refractivity contribution in [3.05, 3.63) is 59.4 Å². The van der Waals surface area contributed by atoms with Gasteiger partial charge in [0.15, 0.2) is 0 Å². The van der Waals surface area contributed by atoms with Crippen LogP contribution in [0.4, 0.5) is 10.1 Å². The second-order valence-corrected chi connectivity index (χ2v) is 4.59. The van der Waals surface area contributed by atoms with Crippen LogP contribution in [0.15, 0.2) is 42.5 Å². The molecule has 2 aromatic carbocycles. The molecular formula is C16H17FN2O2. The maximum atomic E-state index is 13.0. The van der Waals surface area contributed by atoms with Gasteiger partial charge < -0.3 is 15.8 Å². The normalized spacial score (nSPS) is 10.2. The predicted molar refractivity (Wildman–Crippen MR) is 79.8 cm³/mol. The number of ether oxygens (including phenoxy) is 1. The van der Waals surface area contributed by atoms with Crippen LogP contribution in [0.5, 0.6) is 5.75 Å². The number of nitrogen functional groups attached to an aromatic ring is 1. The Labute approximate surface area is 122 Å². The van der Waals surface area contributed by atoms with E-state index in [4.69, 9.17) is 10.5 Å². The summed E-state index contributed by atoms with van der Waals surface area (Å²) >= 11 is 0. The molecule has 0 fully saturated rings. The summed E-state index contributed by atoms with van der Waals surface area (Å²) in [5.41, 5.74) is 7.47. The van der Waals surface area contributed by atoms with Crippen LogP contribution in [0, 0.1) is 5.82 Å². The second-order valence-electron chi connectivity index (χ2n) is 4.59. The highest BCUT2D eigenvalue weighted by atomic mass is 19.1. The SMILES string of the molecule is COc1ccc(C(=O)NCCc2cccc(F)c2)cc1N. The van der Waals surface area contributed by atoms with Crippen molar-refractivity contribution in [3.8, 4) is 5.75 Å². The molecule has 0 aliphatic carbocycles. The molecule has 2 aromatic rings. The first-order chi connectivity index (χ1) is 10.1. The number of hydrogen-bond donors (Lipinski definition) is 2. The Morgan fingerprint density at radius 1 is 1.29 bits per heavy atom. The number of benzene rings is 2. The number of carbonyl (C=O) groups is 1. The highest BCUT2D eigenvalue weighted by Crippen LogP contribution is 2.21. The Hall–Kier alpha value is -2.56. The lowest BCUT2D eigenvalue weighted by Crippen LogP contribution is -2.25. The highest BCUT2D eigenvalue weighted by molar-refractivity contribution is 5.95. The molecule has 0 atom stereocenters. The van der Waals surface area contributed by atoms with Crippen molar-refractivity contribution in [1.29, 1.82) is 0 Å². The lowest BCUT2D eigenvalue weighted by Gasteiger charge is -2.08. The quantitative estimate of drug-likeness (QED) is 0.830. The van der Waals surface area contributed by atoms with Crippen LogP contribution in [0.1, 0.15) is 15.9 Å². The fourth-order valence-electron chi connectivity index (χ4n) is 1.99. The molecule has 4 nitrogen and oxygen atoms in total. The molecule has 0 aliphatic rings. The van der Waals surface area contributed by atoms with E-state index in [1.807, 2.05) is 6.07 Å². The Morgan fingerprint density at radius 3 is 2.76 bits per heavy atom. The molecule has 110 valence electrons. The van der Waals surface area contributed by atoms with Gasteiger partial charge in [-0.2, -0.15) is 0 Å². The maximum absolute atomic E-state index is 13.0. The minimum Gasteiger partial charge on any atom is -0.495 e. The third-order valence-corrected chi connectivity index (χ3v) is 3.08. The van der Waals surface area contributed by atoms with Crippen molar-refractivity contribution in [2.45, 2.75) is 6.42 Å². The van der Waals surface area contributed by atoms with Gasteiger partial charge in [0.05, 0.1) is 12.8 Å². The van der Waals surface area contributed by atoms with Crippen molar-refractivity contribution in [2.75, 3.05) is 19.4 Å². The molecule has 2 rings (SSSR count). The standard InChI is InChI=1S/C16H17FN2O2/c1-21-15-6-5-12(10-14(15)18)16(20)19-8-7-11-3-2-4-13(17)9-11/h2-6,9-10H,7-8,18H2,1H3,(H,19,20). The van der Waals surface area contributed by atoms with Gasteiger partial charge in [0.25, 0.3) is 5.91 Å². The van der Waals surface area contributed by atoms with E-state index >= 15 is 0 Å². The molecule has 5 heteroatoms. The van der Waals surface area contributed by atoms with E-state index in [2.05, 4.69) is 5.32 Å². The van der Waals surface area contributed by atoms with E-state index in [1.165, 1.54) is 19.2 Å². The fraction of sp³-hybridized carbons (Fsp3) is 0.188. The van der Waals surface area contributed by atoms with E-state index < -0.39 is 0 Å². The molecule has 0 spiro atoms. The summed E-state index contributed by atoms with van der Waals surface area (Å²) in [5.74, 6) is 0.0359. The van der Waals surface area contributed by atoms with Gasteiger partial charge in [0, 0.05) is 12.1 Å². The molecule has 0 radical (unpaired) electrons. The van der Waals surface area contributed by atoms with Crippen LogP contribution in [0.25, 0.3) is 0 Å². The molecule has 3 N–H and O–H groups in total. The van der Waals surface area contributed by atoms with Crippen LogP contribution in [0.2, 0.25) is 0 Å². The lowest BCUT2D eigenvalue weighted by atomic mass is 10.1. The Balaban J connectivity index is 1.91. The Kier molecular flexibility index (Phi) is 4.77. The number of anilines is 1. The average Bonchev–Trinajstić information content (AvgIpc) is 2.47. The number of nitrogens with two attached hydrogens (primary N) is 1. The molecule has 21 heavy (non-hydrogen) atoms. The molecule has 0 saturated carbocycles. The van der Waals surface area contributed by atoms with Crippen molar-refractivity contribution in [1.82, 2.24) is 5.32 Å². The zero-order chi connectivity index (χ0) is 15.2. The van der Waals surface area contributed by atoms with Gasteiger partial charge in [-0.25, -0.2) is 4.39 Å². The summed E-state index contributed by atoms with van der Waals surface area (Å²) < 4.78 is 18.1. The fourth-order valence-corrected chi connectivity index (χ4v) is 1.99. The van der Waals surface area contributed by atoms with Crippen LogP contribution in [-0.4, -0.2) is 19.6 Å². The largest absolute Gasteiger partial charge is 0.495 e. The Morgan fingerprint density at radius 2 is 2.10 bits per heavy atom. The molecular weight excluding hydrogens is 271 g/mol. The van der Waals surface area contributed by atoms with E-state index in [0.717, 1.165) is 5.56 Å². The summed E-state index contributed by atoms with van der Waals surface area (Å²) in [4.78, 5) is 12.0. The van der Waals surface area contributed by atoms with E-state index in [-0.39, 0.29) is 11.7 Å². The molecule has 0 aromatic heterocycles. The number of nitrogens with one attached hydrogen (secondary N) is 1. The summed E-state index contributed by atoms with van der Waals surface area (Å²) in [6.45, 7) is 0.425. The second kappa shape index (κ2) is 6.74. The smallest absolute Gasteiger partial charge is 0.251 e. The van der Waals surface area contributed by atoms with Gasteiger partial charge in [-0.1, -0.05) is 12.1 Å². The van der Waals surface area contributed by atoms with Gasteiger partial charge >= 0.3 is 0 Å². The molecule has 0 unspecified atom stereocenters. The first-order valence-electron chi connectivity index (χ1n) is 6.56. The number of rotatable bonds is 5. The van der Waals surface area contributed by atoms with Crippen molar-refractivity contribution >= 4 is 11.6 Å².